The van der Waals surface area contributed by atoms with Gasteiger partial charge in [-0.25, -0.2) is 4.79 Å². The van der Waals surface area contributed by atoms with Crippen molar-refractivity contribution in [3.63, 3.8) is 0 Å². The van der Waals surface area contributed by atoms with Crippen molar-refractivity contribution in [1.29, 1.82) is 0 Å². The van der Waals surface area contributed by atoms with Crippen LogP contribution in [-0.2, 0) is 14.5 Å². The van der Waals surface area contributed by atoms with E-state index in [0.29, 0.717) is 5.91 Å². The number of hydrogen-bond acceptors (Lipinski definition) is 4. The van der Waals surface area contributed by atoms with Crippen molar-refractivity contribution in [2.75, 3.05) is 13.1 Å². The number of rotatable bonds is 2. The SMILES string of the molecule is C=C(C)C(=O)OO.CCN1CCCC1=O. The van der Waals surface area contributed by atoms with Crippen LogP contribution in [0.2, 0.25) is 0 Å². The van der Waals surface area contributed by atoms with Crippen LogP contribution in [0, 0.1) is 0 Å². The molecule has 0 atom stereocenters. The Morgan fingerprint density at radius 3 is 2.40 bits per heavy atom. The molecule has 15 heavy (non-hydrogen) atoms. The van der Waals surface area contributed by atoms with Crippen LogP contribution in [0.25, 0.3) is 0 Å². The molecule has 1 N–H and O–H groups in total. The van der Waals surface area contributed by atoms with E-state index < -0.39 is 5.97 Å². The average molecular weight is 215 g/mol. The molecule has 5 heteroatoms. The number of carbonyl (C=O) groups excluding carboxylic acids is 2. The van der Waals surface area contributed by atoms with Gasteiger partial charge < -0.3 is 4.90 Å². The highest BCUT2D eigenvalue weighted by atomic mass is 17.1. The Kier molecular flexibility index (Phi) is 6.37. The molecule has 0 unspecified atom stereocenters. The molecule has 86 valence electrons. The third-order valence-electron chi connectivity index (χ3n) is 1.98. The van der Waals surface area contributed by atoms with Crippen LogP contribution in [0.1, 0.15) is 26.7 Å². The maximum Gasteiger partial charge on any atom is 0.367 e. The average Bonchev–Trinajstić information content (AvgIpc) is 2.63. The van der Waals surface area contributed by atoms with E-state index in [4.69, 9.17) is 5.26 Å². The van der Waals surface area contributed by atoms with Gasteiger partial charge in [-0.05, 0) is 20.3 Å². The summed E-state index contributed by atoms with van der Waals surface area (Å²) in [4.78, 5) is 25.8. The van der Waals surface area contributed by atoms with Gasteiger partial charge in [0.1, 0.15) is 0 Å². The fraction of sp³-hybridized carbons (Fsp3) is 0.600. The Labute approximate surface area is 89.3 Å². The Balaban J connectivity index is 0.000000265. The lowest BCUT2D eigenvalue weighted by molar-refractivity contribution is -0.229. The molecule has 0 spiro atoms. The van der Waals surface area contributed by atoms with Crippen molar-refractivity contribution in [2.45, 2.75) is 26.7 Å². The Morgan fingerprint density at radius 1 is 1.67 bits per heavy atom. The van der Waals surface area contributed by atoms with Crippen LogP contribution in [0.5, 0.6) is 0 Å². The summed E-state index contributed by atoms with van der Waals surface area (Å²) in [7, 11) is 0. The molecule has 0 aromatic rings. The van der Waals surface area contributed by atoms with Gasteiger partial charge in [0, 0.05) is 25.1 Å². The summed E-state index contributed by atoms with van der Waals surface area (Å²) in [6, 6.07) is 0. The topological polar surface area (TPSA) is 66.8 Å². The van der Waals surface area contributed by atoms with E-state index in [2.05, 4.69) is 11.5 Å². The van der Waals surface area contributed by atoms with Crippen LogP contribution in [0.15, 0.2) is 12.2 Å². The van der Waals surface area contributed by atoms with Gasteiger partial charge >= 0.3 is 5.97 Å². The minimum atomic E-state index is -0.792. The van der Waals surface area contributed by atoms with Crippen LogP contribution in [-0.4, -0.2) is 35.1 Å². The van der Waals surface area contributed by atoms with Gasteiger partial charge in [-0.15, -0.1) is 0 Å². The maximum absolute atomic E-state index is 10.7. The first-order valence-electron chi connectivity index (χ1n) is 4.82. The minimum Gasteiger partial charge on any atom is -0.343 e. The summed E-state index contributed by atoms with van der Waals surface area (Å²) in [6.07, 6.45) is 1.83. The second-order valence-electron chi connectivity index (χ2n) is 3.24. The fourth-order valence-corrected chi connectivity index (χ4v) is 1.12. The monoisotopic (exact) mass is 215 g/mol. The highest BCUT2D eigenvalue weighted by Gasteiger charge is 2.16. The Bertz CT molecular complexity index is 250. The molecule has 1 amide bonds. The zero-order valence-corrected chi connectivity index (χ0v) is 9.15. The largest absolute Gasteiger partial charge is 0.367 e. The molecular weight excluding hydrogens is 198 g/mol. The molecule has 1 fully saturated rings. The molecule has 1 saturated heterocycles. The van der Waals surface area contributed by atoms with E-state index in [1.54, 1.807) is 0 Å². The molecule has 0 bridgehead atoms. The number of amides is 1. The standard InChI is InChI=1S/C6H11NO.C4H6O3/c1-2-7-5-3-4-6(7)8;1-3(2)4(5)7-6/h2-5H2,1H3;6H,1H2,2H3. The van der Waals surface area contributed by atoms with Crippen LogP contribution in [0.4, 0.5) is 0 Å². The van der Waals surface area contributed by atoms with E-state index >= 15 is 0 Å². The number of likely N-dealkylation sites (tertiary alicyclic amines) is 1. The smallest absolute Gasteiger partial charge is 0.343 e. The van der Waals surface area contributed by atoms with Gasteiger partial charge in [0.05, 0.1) is 0 Å². The highest BCUT2D eigenvalue weighted by Crippen LogP contribution is 2.07. The molecule has 0 aliphatic carbocycles. The van der Waals surface area contributed by atoms with E-state index in [1.165, 1.54) is 6.92 Å². The third kappa shape index (κ3) is 5.17. The lowest BCUT2D eigenvalue weighted by Crippen LogP contribution is -2.23. The summed E-state index contributed by atoms with van der Waals surface area (Å²) in [6.45, 7) is 8.52. The van der Waals surface area contributed by atoms with Gasteiger partial charge in [0.2, 0.25) is 5.91 Å². The number of nitrogens with zero attached hydrogens (tertiary/aromatic N) is 1. The van der Waals surface area contributed by atoms with Crippen molar-refractivity contribution < 1.29 is 19.7 Å². The predicted molar refractivity (Wildman–Crippen MR) is 55.0 cm³/mol. The second-order valence-corrected chi connectivity index (χ2v) is 3.24. The summed E-state index contributed by atoms with van der Waals surface area (Å²) >= 11 is 0. The normalized spacial score (nSPS) is 14.3. The predicted octanol–water partition coefficient (Wildman–Crippen LogP) is 1.21. The molecule has 1 aliphatic heterocycles. The first kappa shape index (κ1) is 13.6. The van der Waals surface area contributed by atoms with Crippen molar-refractivity contribution in [1.82, 2.24) is 4.90 Å². The molecule has 1 heterocycles. The second kappa shape index (κ2) is 7.00. The summed E-state index contributed by atoms with van der Waals surface area (Å²) in [5, 5.41) is 7.59. The molecule has 5 nitrogen and oxygen atoms in total. The minimum absolute atomic E-state index is 0.183. The van der Waals surface area contributed by atoms with Gasteiger partial charge in [0.15, 0.2) is 0 Å². The summed E-state index contributed by atoms with van der Waals surface area (Å²) in [5.74, 6) is -0.465. The van der Waals surface area contributed by atoms with Crippen LogP contribution < -0.4 is 0 Å². The zero-order valence-electron chi connectivity index (χ0n) is 9.15. The van der Waals surface area contributed by atoms with Crippen LogP contribution >= 0.6 is 0 Å². The van der Waals surface area contributed by atoms with Crippen molar-refractivity contribution in [3.8, 4) is 0 Å². The van der Waals surface area contributed by atoms with Gasteiger partial charge in [-0.3, -0.25) is 9.68 Å². The molecule has 0 radical (unpaired) electrons. The molecule has 1 aliphatic rings. The van der Waals surface area contributed by atoms with Gasteiger partial charge in [-0.1, -0.05) is 6.58 Å². The first-order chi connectivity index (χ1) is 7.02. The van der Waals surface area contributed by atoms with E-state index in [1.807, 2.05) is 11.8 Å². The van der Waals surface area contributed by atoms with Crippen molar-refractivity contribution in [2.24, 2.45) is 0 Å². The number of hydrogen-bond donors (Lipinski definition) is 1. The van der Waals surface area contributed by atoms with Crippen molar-refractivity contribution in [3.05, 3.63) is 12.2 Å². The molecule has 0 saturated carbocycles. The van der Waals surface area contributed by atoms with Crippen molar-refractivity contribution >= 4 is 11.9 Å². The molecule has 0 aromatic heterocycles. The van der Waals surface area contributed by atoms with E-state index in [-0.39, 0.29) is 5.57 Å². The van der Waals surface area contributed by atoms with Crippen LogP contribution in [0.3, 0.4) is 0 Å². The summed E-state index contributed by atoms with van der Waals surface area (Å²) in [5.41, 5.74) is 0.183. The quantitative estimate of drug-likeness (QED) is 0.427. The highest BCUT2D eigenvalue weighted by molar-refractivity contribution is 5.86. The van der Waals surface area contributed by atoms with Gasteiger partial charge in [0.25, 0.3) is 0 Å². The maximum atomic E-state index is 10.7. The third-order valence-corrected chi connectivity index (χ3v) is 1.98. The molecule has 0 aromatic carbocycles. The molecule has 1 rings (SSSR count). The molecular formula is C10H17NO4. The van der Waals surface area contributed by atoms with E-state index in [0.717, 1.165) is 25.9 Å². The van der Waals surface area contributed by atoms with Gasteiger partial charge in [-0.2, -0.15) is 5.26 Å². The van der Waals surface area contributed by atoms with E-state index in [9.17, 15) is 9.59 Å². The lowest BCUT2D eigenvalue weighted by Gasteiger charge is -2.10. The lowest BCUT2D eigenvalue weighted by atomic mass is 10.4. The first-order valence-corrected chi connectivity index (χ1v) is 4.82. The number of carbonyl (C=O) groups is 2. The zero-order chi connectivity index (χ0) is 11.8. The Morgan fingerprint density at radius 2 is 2.27 bits per heavy atom. The summed E-state index contributed by atoms with van der Waals surface area (Å²) < 4.78 is 0. The Hall–Kier alpha value is -1.36. The fourth-order valence-electron chi connectivity index (χ4n) is 1.12.